The normalized spacial score (nSPS) is 29.3. The zero-order valence-corrected chi connectivity index (χ0v) is 13.4. The Morgan fingerprint density at radius 1 is 1.17 bits per heavy atom. The Balaban J connectivity index is 2.65. The molecule has 2 heteroatoms. The molecule has 1 saturated carbocycles. The Kier molecular flexibility index (Phi) is 5.67. The first-order valence-electron chi connectivity index (χ1n) is 7.74. The van der Waals surface area contributed by atoms with E-state index in [1.807, 2.05) is 0 Å². The lowest BCUT2D eigenvalue weighted by Gasteiger charge is -2.46. The number of nitrogens with two attached hydrogens (primary N) is 1. The van der Waals surface area contributed by atoms with Crippen LogP contribution in [0.2, 0.25) is 0 Å². The quantitative estimate of drug-likeness (QED) is 0.830. The van der Waals surface area contributed by atoms with E-state index in [1.54, 1.807) is 0 Å². The molecule has 1 aliphatic carbocycles. The number of hydrogen-bond acceptors (Lipinski definition) is 2. The van der Waals surface area contributed by atoms with Crippen molar-refractivity contribution in [3.8, 4) is 0 Å². The molecule has 0 spiro atoms. The number of rotatable bonds is 4. The van der Waals surface area contributed by atoms with Crippen molar-refractivity contribution in [1.82, 2.24) is 4.90 Å². The van der Waals surface area contributed by atoms with Gasteiger partial charge in [0.25, 0.3) is 0 Å². The van der Waals surface area contributed by atoms with Crippen LogP contribution in [0.25, 0.3) is 0 Å². The van der Waals surface area contributed by atoms with Gasteiger partial charge in [0, 0.05) is 18.1 Å². The van der Waals surface area contributed by atoms with Crippen molar-refractivity contribution >= 4 is 0 Å². The van der Waals surface area contributed by atoms with E-state index >= 15 is 0 Å². The third kappa shape index (κ3) is 3.96. The number of nitrogens with zero attached hydrogens (tertiary/aromatic N) is 1. The SMILES string of the molecule is CCC1CCC(N(C)C(C(C)N)C(C)(C)C)CC1. The van der Waals surface area contributed by atoms with Crippen LogP contribution in [0, 0.1) is 11.3 Å². The molecule has 1 aliphatic rings. The summed E-state index contributed by atoms with van der Waals surface area (Å²) in [4.78, 5) is 2.58. The molecule has 0 amide bonds. The maximum Gasteiger partial charge on any atom is 0.0292 e. The molecule has 0 bridgehead atoms. The van der Waals surface area contributed by atoms with Gasteiger partial charge in [-0.1, -0.05) is 34.1 Å². The molecule has 0 heterocycles. The van der Waals surface area contributed by atoms with Crippen LogP contribution < -0.4 is 5.73 Å². The van der Waals surface area contributed by atoms with Crippen molar-refractivity contribution in [2.24, 2.45) is 17.1 Å². The lowest BCUT2D eigenvalue weighted by atomic mass is 9.78. The molecule has 0 aromatic rings. The third-order valence-corrected chi connectivity index (χ3v) is 4.79. The fraction of sp³-hybridized carbons (Fsp3) is 1.00. The summed E-state index contributed by atoms with van der Waals surface area (Å²) in [5.41, 5.74) is 6.50. The Labute approximate surface area is 114 Å². The summed E-state index contributed by atoms with van der Waals surface area (Å²) in [5, 5.41) is 0. The van der Waals surface area contributed by atoms with Gasteiger partial charge < -0.3 is 5.73 Å². The average Bonchev–Trinajstić information content (AvgIpc) is 2.26. The van der Waals surface area contributed by atoms with E-state index in [9.17, 15) is 0 Å². The molecule has 2 nitrogen and oxygen atoms in total. The van der Waals surface area contributed by atoms with E-state index in [1.165, 1.54) is 32.1 Å². The highest BCUT2D eigenvalue weighted by Gasteiger charge is 2.35. The minimum Gasteiger partial charge on any atom is -0.327 e. The Bertz CT molecular complexity index is 234. The molecule has 2 N–H and O–H groups in total. The highest BCUT2D eigenvalue weighted by atomic mass is 15.2. The van der Waals surface area contributed by atoms with Crippen LogP contribution in [-0.2, 0) is 0 Å². The van der Waals surface area contributed by atoms with Crippen LogP contribution in [0.3, 0.4) is 0 Å². The van der Waals surface area contributed by atoms with E-state index in [0.29, 0.717) is 6.04 Å². The maximum atomic E-state index is 6.24. The van der Waals surface area contributed by atoms with Gasteiger partial charge in [-0.3, -0.25) is 4.90 Å². The van der Waals surface area contributed by atoms with Gasteiger partial charge in [-0.25, -0.2) is 0 Å². The Morgan fingerprint density at radius 2 is 1.67 bits per heavy atom. The van der Waals surface area contributed by atoms with E-state index in [0.717, 1.165) is 12.0 Å². The highest BCUT2D eigenvalue weighted by Crippen LogP contribution is 2.34. The fourth-order valence-electron chi connectivity index (χ4n) is 3.96. The Hall–Kier alpha value is -0.0800. The van der Waals surface area contributed by atoms with Crippen molar-refractivity contribution in [1.29, 1.82) is 0 Å². The fourth-order valence-corrected chi connectivity index (χ4v) is 3.96. The zero-order valence-electron chi connectivity index (χ0n) is 13.4. The van der Waals surface area contributed by atoms with E-state index in [-0.39, 0.29) is 11.5 Å². The van der Waals surface area contributed by atoms with Crippen LogP contribution >= 0.6 is 0 Å². The molecular weight excluding hydrogens is 220 g/mol. The van der Waals surface area contributed by atoms with Crippen LogP contribution in [0.5, 0.6) is 0 Å². The molecule has 0 aliphatic heterocycles. The van der Waals surface area contributed by atoms with E-state index in [4.69, 9.17) is 5.73 Å². The predicted octanol–water partition coefficient (Wildman–Crippen LogP) is 3.65. The predicted molar refractivity (Wildman–Crippen MR) is 80.7 cm³/mol. The second kappa shape index (κ2) is 6.38. The molecule has 0 aromatic carbocycles. The van der Waals surface area contributed by atoms with Crippen molar-refractivity contribution in [2.45, 2.75) is 84.8 Å². The lowest BCUT2D eigenvalue weighted by Crippen LogP contribution is -2.55. The van der Waals surface area contributed by atoms with Gasteiger partial charge in [0.2, 0.25) is 0 Å². The summed E-state index contributed by atoms with van der Waals surface area (Å²) in [6.07, 6.45) is 6.87. The molecular formula is C16H34N2. The van der Waals surface area contributed by atoms with Gasteiger partial charge in [0.05, 0.1) is 0 Å². The first kappa shape index (κ1) is 16.0. The Morgan fingerprint density at radius 3 is 2.00 bits per heavy atom. The molecule has 0 radical (unpaired) electrons. The van der Waals surface area contributed by atoms with E-state index < -0.39 is 0 Å². The molecule has 108 valence electrons. The number of hydrogen-bond donors (Lipinski definition) is 1. The monoisotopic (exact) mass is 254 g/mol. The van der Waals surface area contributed by atoms with Gasteiger partial charge in [0.1, 0.15) is 0 Å². The minimum absolute atomic E-state index is 0.235. The highest BCUT2D eigenvalue weighted by molar-refractivity contribution is 4.92. The summed E-state index contributed by atoms with van der Waals surface area (Å²) in [7, 11) is 2.29. The van der Waals surface area contributed by atoms with Crippen molar-refractivity contribution in [3.63, 3.8) is 0 Å². The standard InChI is InChI=1S/C16H34N2/c1-7-13-8-10-14(11-9-13)18(6)15(12(2)17)16(3,4)5/h12-15H,7-11,17H2,1-6H3. The van der Waals surface area contributed by atoms with Crippen LogP contribution in [0.4, 0.5) is 0 Å². The van der Waals surface area contributed by atoms with Crippen molar-refractivity contribution < 1.29 is 0 Å². The summed E-state index contributed by atoms with van der Waals surface area (Å²) >= 11 is 0. The smallest absolute Gasteiger partial charge is 0.0292 e. The van der Waals surface area contributed by atoms with Crippen molar-refractivity contribution in [2.75, 3.05) is 7.05 Å². The molecule has 2 atom stereocenters. The molecule has 1 fully saturated rings. The van der Waals surface area contributed by atoms with Gasteiger partial charge >= 0.3 is 0 Å². The minimum atomic E-state index is 0.235. The van der Waals surface area contributed by atoms with Crippen molar-refractivity contribution in [3.05, 3.63) is 0 Å². The summed E-state index contributed by atoms with van der Waals surface area (Å²) in [6.45, 7) is 11.4. The van der Waals surface area contributed by atoms with Crippen LogP contribution in [-0.4, -0.2) is 30.1 Å². The summed E-state index contributed by atoms with van der Waals surface area (Å²) in [6, 6.07) is 1.45. The molecule has 0 aromatic heterocycles. The summed E-state index contributed by atoms with van der Waals surface area (Å²) in [5.74, 6) is 0.970. The van der Waals surface area contributed by atoms with Gasteiger partial charge in [0.15, 0.2) is 0 Å². The third-order valence-electron chi connectivity index (χ3n) is 4.79. The van der Waals surface area contributed by atoms with Crippen LogP contribution in [0.1, 0.15) is 66.7 Å². The second-order valence-corrected chi connectivity index (χ2v) is 7.42. The zero-order chi connectivity index (χ0) is 13.9. The molecule has 18 heavy (non-hydrogen) atoms. The molecule has 1 rings (SSSR count). The topological polar surface area (TPSA) is 29.3 Å². The average molecular weight is 254 g/mol. The van der Waals surface area contributed by atoms with Gasteiger partial charge in [-0.2, -0.15) is 0 Å². The van der Waals surface area contributed by atoms with E-state index in [2.05, 4.69) is 46.6 Å². The lowest BCUT2D eigenvalue weighted by molar-refractivity contribution is 0.0453. The first-order chi connectivity index (χ1) is 8.27. The second-order valence-electron chi connectivity index (χ2n) is 7.42. The summed E-state index contributed by atoms with van der Waals surface area (Å²) < 4.78 is 0. The van der Waals surface area contributed by atoms with Gasteiger partial charge in [-0.05, 0) is 51.0 Å². The largest absolute Gasteiger partial charge is 0.327 e. The van der Waals surface area contributed by atoms with Gasteiger partial charge in [-0.15, -0.1) is 0 Å². The molecule has 0 saturated heterocycles. The maximum absolute atomic E-state index is 6.24. The number of likely N-dealkylation sites (N-methyl/N-ethyl adjacent to an activating group) is 1. The van der Waals surface area contributed by atoms with Crippen LogP contribution in [0.15, 0.2) is 0 Å². The molecule has 2 unspecified atom stereocenters. The first-order valence-corrected chi connectivity index (χ1v) is 7.74.